The Kier molecular flexibility index (Phi) is 15.8. The maximum Gasteiger partial charge on any atom is 0.243 e. The topological polar surface area (TPSA) is 192 Å². The van der Waals surface area contributed by atoms with E-state index in [1.165, 1.54) is 24.2 Å². The van der Waals surface area contributed by atoms with Crippen molar-refractivity contribution in [3.63, 3.8) is 0 Å². The number of halogens is 1. The Labute approximate surface area is 495 Å². The van der Waals surface area contributed by atoms with Crippen LogP contribution in [-0.4, -0.2) is 147 Å². The van der Waals surface area contributed by atoms with Crippen LogP contribution in [0.4, 0.5) is 22.0 Å². The smallest absolute Gasteiger partial charge is 0.243 e. The number of piperazine rings is 1. The number of benzene rings is 3. The molecule has 17 nitrogen and oxygen atoms in total. The second kappa shape index (κ2) is 23.6. The lowest BCUT2D eigenvalue weighted by atomic mass is 9.83. The quantitative estimate of drug-likeness (QED) is 0.0714. The molecule has 2 unspecified atom stereocenters. The number of pyridine rings is 1. The maximum atomic E-state index is 17.4. The number of carbonyl (C=O) groups is 2. The summed E-state index contributed by atoms with van der Waals surface area (Å²) in [5, 5.41) is 35.4. The summed E-state index contributed by atoms with van der Waals surface area (Å²) < 4.78 is 23.3. The van der Waals surface area contributed by atoms with Crippen LogP contribution in [0.3, 0.4) is 0 Å². The number of aliphatic hydroxyl groups is 1. The Balaban J connectivity index is 0.597. The third kappa shape index (κ3) is 11.2. The van der Waals surface area contributed by atoms with Crippen LogP contribution in [-0.2, 0) is 16.0 Å². The van der Waals surface area contributed by atoms with Gasteiger partial charge in [-0.25, -0.2) is 14.4 Å². The van der Waals surface area contributed by atoms with Gasteiger partial charge in [-0.05, 0) is 142 Å². The summed E-state index contributed by atoms with van der Waals surface area (Å²) in [6, 6.07) is 19.0. The predicted octanol–water partition coefficient (Wildman–Crippen LogP) is 9.65. The number of nitrogens with one attached hydrogen (secondary N) is 2. The Morgan fingerprint density at radius 1 is 0.857 bits per heavy atom. The molecule has 3 aromatic carbocycles. The van der Waals surface area contributed by atoms with Crippen molar-refractivity contribution in [1.29, 1.82) is 0 Å². The molecule has 0 aliphatic carbocycles. The Bertz CT molecular complexity index is 3520. The van der Waals surface area contributed by atoms with Gasteiger partial charge in [0, 0.05) is 88.7 Å². The zero-order valence-corrected chi connectivity index (χ0v) is 49.8. The number of fused-ring (bicyclic) bond motifs is 4. The summed E-state index contributed by atoms with van der Waals surface area (Å²) in [7, 11) is 0. The minimum absolute atomic E-state index is 0.0721. The van der Waals surface area contributed by atoms with Crippen molar-refractivity contribution in [3.05, 3.63) is 101 Å². The molecule has 4 aromatic heterocycles. The molecule has 6 fully saturated rings. The normalized spacial score (nSPS) is 22.6. The molecule has 6 atom stereocenters. The van der Waals surface area contributed by atoms with Crippen LogP contribution in [0.1, 0.15) is 114 Å². The van der Waals surface area contributed by atoms with Crippen molar-refractivity contribution in [1.82, 2.24) is 45.5 Å². The lowest BCUT2D eigenvalue weighted by molar-refractivity contribution is -0.141. The number of likely N-dealkylation sites (tertiary alicyclic amines) is 2. The number of piperidine rings is 2. The molecule has 7 aromatic rings. The molecule has 0 saturated carbocycles. The number of hydrogen-bond donors (Lipinski definition) is 4. The third-order valence-electron chi connectivity index (χ3n) is 19.3. The van der Waals surface area contributed by atoms with Gasteiger partial charge in [-0.1, -0.05) is 68.4 Å². The summed E-state index contributed by atoms with van der Waals surface area (Å²) in [5.41, 5.74) is 6.96. The molecule has 84 heavy (non-hydrogen) atoms. The number of aryl methyl sites for hydroxylation is 2. The molecular formula is C65H79FN12O5S. The molecule has 2 amide bonds. The largest absolute Gasteiger partial charge is 0.508 e. The molecule has 6 aliphatic heterocycles. The van der Waals surface area contributed by atoms with E-state index in [9.17, 15) is 19.8 Å². The highest BCUT2D eigenvalue weighted by atomic mass is 32.1. The van der Waals surface area contributed by atoms with Gasteiger partial charge in [0.1, 0.15) is 34.7 Å². The van der Waals surface area contributed by atoms with Crippen molar-refractivity contribution in [2.45, 2.75) is 129 Å². The van der Waals surface area contributed by atoms with Crippen LogP contribution in [0.15, 0.2) is 76.9 Å². The summed E-state index contributed by atoms with van der Waals surface area (Å²) in [5.74, 6) is 2.63. The SMILES string of the molecule is CCc1cccc2cc(O)cc(-c3ncc4c(N5CC6CCC(C5)N6)nc(N5CCC(CN6CCC(CC7CN(c8cc([C@H](C(=O)N9C[C@H](O)C[C@H]9C(=O)N[C@@H](C)c9ccc(-c%10scnc%10C)cc9)C(C)C)on8)C7)CC6)CC5)nc4c3F)c12. The van der Waals surface area contributed by atoms with E-state index in [0.717, 1.165) is 141 Å². The van der Waals surface area contributed by atoms with Crippen LogP contribution in [0.5, 0.6) is 5.75 Å². The van der Waals surface area contributed by atoms with E-state index in [1.807, 2.05) is 75.7 Å². The van der Waals surface area contributed by atoms with Crippen molar-refractivity contribution in [2.75, 3.05) is 80.1 Å². The van der Waals surface area contributed by atoms with E-state index in [4.69, 9.17) is 19.5 Å². The number of amides is 2. The fourth-order valence-corrected chi connectivity index (χ4v) is 15.5. The van der Waals surface area contributed by atoms with Gasteiger partial charge in [-0.15, -0.1) is 11.3 Å². The Morgan fingerprint density at radius 2 is 1.61 bits per heavy atom. The number of aromatic nitrogens is 5. The van der Waals surface area contributed by atoms with Gasteiger partial charge in [0.05, 0.1) is 33.6 Å². The summed E-state index contributed by atoms with van der Waals surface area (Å²) >= 11 is 1.60. The molecular weight excluding hydrogens is 1080 g/mol. The molecule has 6 saturated heterocycles. The monoisotopic (exact) mass is 1160 g/mol. The number of β-amino-alcohol motifs (C(OH)–C–C–N with tert-alkyl or cyclic N) is 1. The second-order valence-corrected chi connectivity index (χ2v) is 26.3. The molecule has 10 heterocycles. The molecule has 4 N–H and O–H groups in total. The van der Waals surface area contributed by atoms with Crippen LogP contribution >= 0.6 is 11.3 Å². The van der Waals surface area contributed by atoms with Gasteiger partial charge < -0.3 is 49.9 Å². The first-order valence-electron chi connectivity index (χ1n) is 30.8. The highest BCUT2D eigenvalue weighted by Crippen LogP contribution is 2.41. The number of phenols is 1. The Hall–Kier alpha value is -6.80. The first-order chi connectivity index (χ1) is 40.7. The lowest BCUT2D eigenvalue weighted by Gasteiger charge is -2.43. The fourth-order valence-electron chi connectivity index (χ4n) is 14.7. The minimum Gasteiger partial charge on any atom is -0.508 e. The number of hydrogen-bond acceptors (Lipinski definition) is 16. The predicted molar refractivity (Wildman–Crippen MR) is 327 cm³/mol. The zero-order valence-electron chi connectivity index (χ0n) is 49.0. The third-order valence-corrected chi connectivity index (χ3v) is 20.3. The van der Waals surface area contributed by atoms with Gasteiger partial charge in [-0.2, -0.15) is 4.98 Å². The number of rotatable bonds is 16. The second-order valence-electron chi connectivity index (χ2n) is 25.4. The number of aliphatic hydroxyl groups excluding tert-OH is 1. The minimum atomic E-state index is -0.806. The van der Waals surface area contributed by atoms with Gasteiger partial charge in [0.2, 0.25) is 17.8 Å². The molecule has 13 rings (SSSR count). The summed E-state index contributed by atoms with van der Waals surface area (Å²) in [4.78, 5) is 59.9. The Morgan fingerprint density at radius 3 is 2.32 bits per heavy atom. The fraction of sp³-hybridized carbons (Fsp3) is 0.523. The molecule has 2 bridgehead atoms. The van der Waals surface area contributed by atoms with Crippen molar-refractivity contribution in [3.8, 4) is 27.4 Å². The van der Waals surface area contributed by atoms with E-state index in [0.29, 0.717) is 52.5 Å². The number of thiazole rings is 1. The van der Waals surface area contributed by atoms with Crippen molar-refractivity contribution >= 4 is 62.4 Å². The standard InChI is InChI=1S/C65H79FN12O5S/c1-6-43-8-7-9-46-25-49(79)26-51(57(43)46)59-58(66)60-52(29-67-59)62(77-33-47-14-15-48(34-77)70-47)72-65(71-60)75-22-18-41(19-23-75)30-74-20-16-40(17-21-74)24-42-31-76(32-42)55-28-54(83-73-55)56(37(2)3)64(82)78-35-50(80)27-53(78)63(81)69-38(4)44-10-12-45(13-11-44)61-39(5)68-36-84-61/h7-13,25-26,28-29,36-38,40-42,47-48,50,53,56,70,79-80H,6,14-24,27,30-35H2,1-5H3,(H,69,81)/t38-,47?,48?,50+,53-,56+/m0/s1. The van der Waals surface area contributed by atoms with Crippen LogP contribution in [0, 0.1) is 36.4 Å². The average molecular weight is 1160 g/mol. The van der Waals surface area contributed by atoms with Gasteiger partial charge in [0.25, 0.3) is 0 Å². The first-order valence-corrected chi connectivity index (χ1v) is 31.7. The number of aromatic hydroxyl groups is 1. The van der Waals surface area contributed by atoms with E-state index < -0.39 is 23.9 Å². The van der Waals surface area contributed by atoms with E-state index in [1.54, 1.807) is 29.7 Å². The molecule has 442 valence electrons. The van der Waals surface area contributed by atoms with Crippen molar-refractivity contribution in [2.24, 2.45) is 23.7 Å². The molecule has 0 radical (unpaired) electrons. The number of carbonyl (C=O) groups excluding carboxylic acids is 2. The maximum absolute atomic E-state index is 17.4. The molecule has 6 aliphatic rings. The van der Waals surface area contributed by atoms with Crippen LogP contribution in [0.2, 0.25) is 0 Å². The van der Waals surface area contributed by atoms with E-state index >= 15 is 4.39 Å². The molecule has 0 spiro atoms. The number of anilines is 3. The summed E-state index contributed by atoms with van der Waals surface area (Å²) in [6.45, 7) is 18.4. The van der Waals surface area contributed by atoms with Gasteiger partial charge in [0.15, 0.2) is 17.4 Å². The highest BCUT2D eigenvalue weighted by molar-refractivity contribution is 7.13. The van der Waals surface area contributed by atoms with E-state index in [-0.39, 0.29) is 53.7 Å². The first kappa shape index (κ1) is 56.3. The van der Waals surface area contributed by atoms with Gasteiger partial charge in [-0.3, -0.25) is 14.6 Å². The summed E-state index contributed by atoms with van der Waals surface area (Å²) in [6.07, 6.45) is 9.71. The molecule has 19 heteroatoms. The highest BCUT2D eigenvalue weighted by Gasteiger charge is 2.44. The van der Waals surface area contributed by atoms with Crippen LogP contribution < -0.4 is 25.3 Å². The van der Waals surface area contributed by atoms with Gasteiger partial charge >= 0.3 is 0 Å². The van der Waals surface area contributed by atoms with Crippen molar-refractivity contribution < 1.29 is 28.7 Å². The zero-order chi connectivity index (χ0) is 57.9. The van der Waals surface area contributed by atoms with E-state index in [2.05, 4.69) is 53.4 Å². The average Bonchev–Trinajstić information content (AvgIpc) is 2.12. The van der Waals surface area contributed by atoms with Crippen LogP contribution in [0.25, 0.3) is 43.4 Å². The number of nitrogens with zero attached hydrogens (tertiary/aromatic N) is 10. The number of phenolic OH excluding ortho intramolecular Hbond substituents is 1. The lowest BCUT2D eigenvalue weighted by Crippen LogP contribution is -2.51.